The molecule has 0 radical (unpaired) electrons. The highest BCUT2D eigenvalue weighted by molar-refractivity contribution is 5.95. The Hall–Kier alpha value is -1.86. The van der Waals surface area contributed by atoms with Crippen LogP contribution in [0.3, 0.4) is 0 Å². The number of likely N-dealkylation sites (tertiary alicyclic amines) is 1. The van der Waals surface area contributed by atoms with Crippen molar-refractivity contribution in [2.24, 2.45) is 0 Å². The fourth-order valence-corrected chi connectivity index (χ4v) is 3.12. The molecule has 2 aliphatic heterocycles. The van der Waals surface area contributed by atoms with Crippen molar-refractivity contribution in [3.63, 3.8) is 0 Å². The third-order valence-electron chi connectivity index (χ3n) is 4.23. The van der Waals surface area contributed by atoms with Crippen molar-refractivity contribution in [2.75, 3.05) is 13.1 Å². The van der Waals surface area contributed by atoms with E-state index in [1.54, 1.807) is 4.90 Å². The van der Waals surface area contributed by atoms with Crippen LogP contribution in [0.15, 0.2) is 18.2 Å². The maximum absolute atomic E-state index is 12.5. The number of halogens is 1. The molecule has 3 rings (SSSR count). The van der Waals surface area contributed by atoms with E-state index in [1.165, 1.54) is 18.2 Å². The number of nitrogens with one attached hydrogen (secondary N) is 1. The van der Waals surface area contributed by atoms with Crippen LogP contribution in [0.5, 0.6) is 5.75 Å². The number of hydrogen-bond donors (Lipinski definition) is 2. The normalized spacial score (nSPS) is 23.5. The molecular weight excluding hydrogens is 310 g/mol. The first-order chi connectivity index (χ1) is 10.0. The summed E-state index contributed by atoms with van der Waals surface area (Å²) in [6, 6.07) is 4.56. The minimum absolute atomic E-state index is 0. The number of fused-ring (bicyclic) bond motifs is 2. The van der Waals surface area contributed by atoms with Crippen LogP contribution in [-0.2, 0) is 0 Å². The Bertz CT molecular complexity index is 595. The van der Waals surface area contributed by atoms with Gasteiger partial charge in [0.1, 0.15) is 0 Å². The zero-order chi connectivity index (χ0) is 15.0. The second-order valence-electron chi connectivity index (χ2n) is 5.64. The smallest absolute Gasteiger partial charge is 0.310 e. The lowest BCUT2D eigenvalue weighted by Gasteiger charge is -2.24. The number of aromatic hydroxyl groups is 1. The molecule has 22 heavy (non-hydrogen) atoms. The summed E-state index contributed by atoms with van der Waals surface area (Å²) in [5.41, 5.74) is -0.0981. The van der Waals surface area contributed by atoms with Crippen molar-refractivity contribution in [3.05, 3.63) is 33.9 Å². The monoisotopic (exact) mass is 327 g/mol. The second kappa shape index (κ2) is 6.50. The summed E-state index contributed by atoms with van der Waals surface area (Å²) < 4.78 is 0. The Balaban J connectivity index is 0.00000176. The lowest BCUT2D eigenvalue weighted by molar-refractivity contribution is -0.385. The fourth-order valence-electron chi connectivity index (χ4n) is 3.12. The van der Waals surface area contributed by atoms with Gasteiger partial charge in [0, 0.05) is 36.8 Å². The van der Waals surface area contributed by atoms with Crippen molar-refractivity contribution in [2.45, 2.75) is 31.3 Å². The van der Waals surface area contributed by atoms with Gasteiger partial charge in [0.2, 0.25) is 0 Å². The van der Waals surface area contributed by atoms with Gasteiger partial charge in [0.05, 0.1) is 4.92 Å². The van der Waals surface area contributed by atoms with Gasteiger partial charge in [-0.05, 0) is 31.4 Å². The lowest BCUT2D eigenvalue weighted by Crippen LogP contribution is -2.39. The average Bonchev–Trinajstić information content (AvgIpc) is 2.77. The van der Waals surface area contributed by atoms with Gasteiger partial charge in [-0.2, -0.15) is 0 Å². The van der Waals surface area contributed by atoms with Crippen molar-refractivity contribution >= 4 is 24.0 Å². The minimum Gasteiger partial charge on any atom is -0.502 e. The Morgan fingerprint density at radius 3 is 2.73 bits per heavy atom. The Morgan fingerprint density at radius 2 is 2.05 bits per heavy atom. The summed E-state index contributed by atoms with van der Waals surface area (Å²) >= 11 is 0. The molecule has 0 aliphatic carbocycles. The molecule has 2 aliphatic rings. The third-order valence-corrected chi connectivity index (χ3v) is 4.23. The summed E-state index contributed by atoms with van der Waals surface area (Å²) in [6.07, 6.45) is 3.15. The summed E-state index contributed by atoms with van der Waals surface area (Å²) in [7, 11) is 0. The molecule has 0 aromatic heterocycles. The first-order valence-corrected chi connectivity index (χ1v) is 7.07. The van der Waals surface area contributed by atoms with E-state index in [-0.39, 0.29) is 29.6 Å². The van der Waals surface area contributed by atoms with E-state index in [1.807, 2.05) is 0 Å². The SMILES string of the molecule is Cl.O=C(c1ccc([N+](=O)[O-])c(O)c1)N1CCC2CCC(C1)N2. The molecule has 2 unspecified atom stereocenters. The van der Waals surface area contributed by atoms with Crippen LogP contribution in [0.4, 0.5) is 5.69 Å². The summed E-state index contributed by atoms with van der Waals surface area (Å²) in [4.78, 5) is 24.3. The van der Waals surface area contributed by atoms with E-state index in [4.69, 9.17) is 0 Å². The quantitative estimate of drug-likeness (QED) is 0.636. The summed E-state index contributed by atoms with van der Waals surface area (Å²) in [6.45, 7) is 1.32. The van der Waals surface area contributed by atoms with Crippen molar-refractivity contribution in [1.82, 2.24) is 10.2 Å². The number of amides is 1. The number of nitro benzene ring substituents is 1. The third kappa shape index (κ3) is 3.15. The highest BCUT2D eigenvalue weighted by atomic mass is 35.5. The van der Waals surface area contributed by atoms with Gasteiger partial charge in [0.25, 0.3) is 5.91 Å². The molecule has 7 nitrogen and oxygen atoms in total. The molecular formula is C14H18ClN3O4. The fraction of sp³-hybridized carbons (Fsp3) is 0.500. The molecule has 0 saturated carbocycles. The second-order valence-corrected chi connectivity index (χ2v) is 5.64. The van der Waals surface area contributed by atoms with Gasteiger partial charge in [-0.3, -0.25) is 14.9 Å². The lowest BCUT2D eigenvalue weighted by atomic mass is 10.1. The average molecular weight is 328 g/mol. The van der Waals surface area contributed by atoms with Gasteiger partial charge >= 0.3 is 5.69 Å². The number of hydrogen-bond acceptors (Lipinski definition) is 5. The molecule has 1 aromatic carbocycles. The van der Waals surface area contributed by atoms with Gasteiger partial charge in [0.15, 0.2) is 5.75 Å². The molecule has 2 N–H and O–H groups in total. The van der Waals surface area contributed by atoms with E-state index in [2.05, 4.69) is 5.32 Å². The molecule has 2 heterocycles. The first kappa shape index (κ1) is 16.5. The largest absolute Gasteiger partial charge is 0.502 e. The topological polar surface area (TPSA) is 95.7 Å². The van der Waals surface area contributed by atoms with E-state index >= 15 is 0 Å². The molecule has 8 heteroatoms. The number of nitro groups is 1. The standard InChI is InChI=1S/C14H17N3O4.ClH/c18-13-7-9(1-4-12(13)17(20)21)14(19)16-6-5-10-2-3-11(8-16)15-10;/h1,4,7,10-11,15,18H,2-3,5-6,8H2;1H. The Labute approximate surface area is 133 Å². The van der Waals surface area contributed by atoms with Gasteiger partial charge in [-0.1, -0.05) is 0 Å². The van der Waals surface area contributed by atoms with Crippen molar-refractivity contribution in [3.8, 4) is 5.75 Å². The predicted octanol–water partition coefficient (Wildman–Crippen LogP) is 1.69. The first-order valence-electron chi connectivity index (χ1n) is 7.07. The van der Waals surface area contributed by atoms with E-state index in [0.29, 0.717) is 25.2 Å². The number of carbonyl (C=O) groups excluding carboxylic acids is 1. The van der Waals surface area contributed by atoms with E-state index < -0.39 is 10.7 Å². The predicted molar refractivity (Wildman–Crippen MR) is 82.5 cm³/mol. The molecule has 2 fully saturated rings. The number of phenolic OH excluding ortho intramolecular Hbond substituents is 1. The number of carbonyl (C=O) groups is 1. The number of phenols is 1. The molecule has 2 bridgehead atoms. The zero-order valence-corrected chi connectivity index (χ0v) is 12.7. The Morgan fingerprint density at radius 1 is 1.32 bits per heavy atom. The van der Waals surface area contributed by atoms with E-state index in [9.17, 15) is 20.0 Å². The van der Waals surface area contributed by atoms with Gasteiger partial charge in [-0.25, -0.2) is 0 Å². The zero-order valence-electron chi connectivity index (χ0n) is 11.9. The molecule has 2 atom stereocenters. The van der Waals surface area contributed by atoms with E-state index in [0.717, 1.165) is 19.3 Å². The molecule has 1 aromatic rings. The van der Waals surface area contributed by atoms with Gasteiger partial charge < -0.3 is 15.3 Å². The molecule has 1 amide bonds. The minimum atomic E-state index is -0.668. The van der Waals surface area contributed by atoms with Crippen LogP contribution in [-0.4, -0.2) is 46.0 Å². The van der Waals surface area contributed by atoms with Crippen LogP contribution >= 0.6 is 12.4 Å². The van der Waals surface area contributed by atoms with Crippen LogP contribution < -0.4 is 5.32 Å². The highest BCUT2D eigenvalue weighted by Gasteiger charge is 2.31. The van der Waals surface area contributed by atoms with Crippen LogP contribution in [0.1, 0.15) is 29.6 Å². The van der Waals surface area contributed by atoms with Crippen LogP contribution in [0, 0.1) is 10.1 Å². The number of rotatable bonds is 2. The van der Waals surface area contributed by atoms with Crippen molar-refractivity contribution in [1.29, 1.82) is 0 Å². The molecule has 2 saturated heterocycles. The molecule has 120 valence electrons. The Kier molecular flexibility index (Phi) is 4.87. The van der Waals surface area contributed by atoms with Crippen LogP contribution in [0.25, 0.3) is 0 Å². The molecule has 0 spiro atoms. The van der Waals surface area contributed by atoms with Crippen LogP contribution in [0.2, 0.25) is 0 Å². The maximum atomic E-state index is 12.5. The van der Waals surface area contributed by atoms with Gasteiger partial charge in [-0.15, -0.1) is 12.4 Å². The highest BCUT2D eigenvalue weighted by Crippen LogP contribution is 2.28. The number of benzene rings is 1. The summed E-state index contributed by atoms with van der Waals surface area (Å²) in [5, 5.41) is 23.8. The summed E-state index contributed by atoms with van der Waals surface area (Å²) in [5.74, 6) is -0.658. The van der Waals surface area contributed by atoms with Crippen molar-refractivity contribution < 1.29 is 14.8 Å². The number of nitrogens with zero attached hydrogens (tertiary/aromatic N) is 2. The maximum Gasteiger partial charge on any atom is 0.310 e.